The van der Waals surface area contributed by atoms with Crippen LogP contribution in [0, 0.1) is 5.92 Å². The Balaban J connectivity index is 1.28. The molecule has 1 aliphatic carbocycles. The minimum Gasteiger partial charge on any atom is -0.494 e. The van der Waals surface area contributed by atoms with Gasteiger partial charge >= 0.3 is 11.9 Å². The summed E-state index contributed by atoms with van der Waals surface area (Å²) in [5, 5.41) is 12.4. The van der Waals surface area contributed by atoms with Gasteiger partial charge in [-0.05, 0) is 91.4 Å². The van der Waals surface area contributed by atoms with Crippen molar-refractivity contribution < 1.29 is 33.8 Å². The molecule has 9 nitrogen and oxygen atoms in total. The lowest BCUT2D eigenvalue weighted by Crippen LogP contribution is -2.35. The molecule has 250 valence electrons. The predicted octanol–water partition coefficient (Wildman–Crippen LogP) is 7.89. The number of nitrogens with zero attached hydrogens (tertiary/aromatic N) is 1. The number of hydrogen-bond donors (Lipinski definition) is 2. The summed E-state index contributed by atoms with van der Waals surface area (Å²) in [5.41, 5.74) is 1.96. The minimum absolute atomic E-state index is 0.0380. The van der Waals surface area contributed by atoms with E-state index in [9.17, 15) is 24.3 Å². The number of esters is 1. The maximum Gasteiger partial charge on any atom is 0.343 e. The molecule has 2 N–H and O–H groups in total. The molecule has 0 bridgehead atoms. The zero-order valence-electron chi connectivity index (χ0n) is 27.2. The Hall–Kier alpha value is -4.66. The summed E-state index contributed by atoms with van der Waals surface area (Å²) in [6.07, 6.45) is 12.0. The van der Waals surface area contributed by atoms with Crippen molar-refractivity contribution >= 4 is 29.4 Å². The largest absolute Gasteiger partial charge is 0.494 e. The first kappa shape index (κ1) is 35.2. The van der Waals surface area contributed by atoms with E-state index in [0.717, 1.165) is 25.7 Å². The number of benzene rings is 3. The van der Waals surface area contributed by atoms with Gasteiger partial charge < -0.3 is 24.8 Å². The summed E-state index contributed by atoms with van der Waals surface area (Å²) >= 11 is 0. The topological polar surface area (TPSA) is 122 Å². The van der Waals surface area contributed by atoms with E-state index in [1.165, 1.54) is 43.4 Å². The quantitative estimate of drug-likeness (QED) is 0.0872. The third-order valence-electron chi connectivity index (χ3n) is 8.34. The van der Waals surface area contributed by atoms with Crippen LogP contribution < -0.4 is 14.8 Å². The van der Waals surface area contributed by atoms with E-state index in [4.69, 9.17) is 9.47 Å². The second-order valence-electron chi connectivity index (χ2n) is 12.2. The summed E-state index contributed by atoms with van der Waals surface area (Å²) in [6.45, 7) is 2.37. The van der Waals surface area contributed by atoms with Crippen LogP contribution in [0.1, 0.15) is 104 Å². The molecule has 0 saturated heterocycles. The molecule has 0 aliphatic heterocycles. The van der Waals surface area contributed by atoms with Crippen LogP contribution >= 0.6 is 0 Å². The summed E-state index contributed by atoms with van der Waals surface area (Å²) in [6, 6.07) is 19.9. The molecule has 4 rings (SSSR count). The molecule has 0 unspecified atom stereocenters. The minimum atomic E-state index is -1.14. The van der Waals surface area contributed by atoms with E-state index >= 15 is 0 Å². The molecule has 9 heteroatoms. The molecule has 3 aromatic rings. The van der Waals surface area contributed by atoms with Gasteiger partial charge in [-0.15, -0.1) is 0 Å². The first-order chi connectivity index (χ1) is 22.8. The fourth-order valence-corrected chi connectivity index (χ4v) is 5.74. The zero-order chi connectivity index (χ0) is 33.4. The Bertz CT molecular complexity index is 1450. The summed E-state index contributed by atoms with van der Waals surface area (Å²) in [4.78, 5) is 51.3. The third-order valence-corrected chi connectivity index (χ3v) is 8.34. The average molecular weight is 643 g/mol. The van der Waals surface area contributed by atoms with Gasteiger partial charge in [0.15, 0.2) is 0 Å². The lowest BCUT2D eigenvalue weighted by molar-refractivity contribution is -0.137. The lowest BCUT2D eigenvalue weighted by Gasteiger charge is -2.22. The number of carbonyl (C=O) groups is 4. The summed E-state index contributed by atoms with van der Waals surface area (Å²) < 4.78 is 11.3. The van der Waals surface area contributed by atoms with Crippen molar-refractivity contribution in [2.45, 2.75) is 84.1 Å². The number of ether oxygens (including phenoxy) is 2. The van der Waals surface area contributed by atoms with Crippen LogP contribution in [-0.2, 0) is 16.1 Å². The van der Waals surface area contributed by atoms with Crippen LogP contribution in [0.4, 0.5) is 5.69 Å². The van der Waals surface area contributed by atoms with Crippen LogP contribution in [0.2, 0.25) is 0 Å². The number of nitrogens with one attached hydrogen (secondary N) is 1. The van der Waals surface area contributed by atoms with E-state index in [1.54, 1.807) is 72.8 Å². The van der Waals surface area contributed by atoms with Gasteiger partial charge in [0.25, 0.3) is 5.91 Å². The summed E-state index contributed by atoms with van der Waals surface area (Å²) in [7, 11) is 0. The molecule has 0 heterocycles. The van der Waals surface area contributed by atoms with Crippen LogP contribution in [0.15, 0.2) is 72.8 Å². The molecule has 3 aromatic carbocycles. The number of anilines is 1. The number of amides is 2. The van der Waals surface area contributed by atoms with Gasteiger partial charge in [0, 0.05) is 24.2 Å². The fraction of sp³-hybridized carbons (Fsp3) is 0.421. The first-order valence-electron chi connectivity index (χ1n) is 16.8. The smallest absolute Gasteiger partial charge is 0.343 e. The zero-order valence-corrected chi connectivity index (χ0v) is 27.2. The first-order valence-corrected chi connectivity index (χ1v) is 16.8. The maximum atomic E-state index is 13.3. The number of carbonyl (C=O) groups excluding carboxylic acids is 3. The monoisotopic (exact) mass is 642 g/mol. The Labute approximate surface area is 277 Å². The van der Waals surface area contributed by atoms with E-state index in [-0.39, 0.29) is 12.5 Å². The molecule has 0 atom stereocenters. The number of hydrogen-bond acceptors (Lipinski definition) is 6. The van der Waals surface area contributed by atoms with Crippen molar-refractivity contribution in [1.29, 1.82) is 0 Å². The Morgan fingerprint density at radius 1 is 0.787 bits per heavy atom. The molecule has 1 fully saturated rings. The van der Waals surface area contributed by atoms with E-state index in [0.29, 0.717) is 52.8 Å². The second kappa shape index (κ2) is 18.5. The molecule has 2 amide bonds. The molecule has 47 heavy (non-hydrogen) atoms. The summed E-state index contributed by atoms with van der Waals surface area (Å²) in [5.74, 6) is -0.699. The van der Waals surface area contributed by atoms with Crippen LogP contribution in [0.25, 0.3) is 0 Å². The van der Waals surface area contributed by atoms with Crippen molar-refractivity contribution in [3.05, 3.63) is 89.5 Å². The molecule has 0 radical (unpaired) electrons. The van der Waals surface area contributed by atoms with Crippen molar-refractivity contribution in [2.75, 3.05) is 18.5 Å². The number of unbranched alkanes of at least 4 members (excludes halogenated alkanes) is 4. The SMILES string of the molecule is CCCCCCCOc1ccc(C(=O)Oc2ccc(CN(CC(=O)O)C(=O)c3ccc(NC(=O)CC4CCCCC4)cc3)cc2)cc1. The normalized spacial score (nSPS) is 13.0. The Morgan fingerprint density at radius 3 is 2.09 bits per heavy atom. The number of carboxylic acids is 1. The van der Waals surface area contributed by atoms with Gasteiger partial charge in [0.05, 0.1) is 12.2 Å². The second-order valence-corrected chi connectivity index (χ2v) is 12.2. The molecular formula is C38H46N2O7. The van der Waals surface area contributed by atoms with Crippen LogP contribution in [0.5, 0.6) is 11.5 Å². The van der Waals surface area contributed by atoms with E-state index in [2.05, 4.69) is 12.2 Å². The van der Waals surface area contributed by atoms with Crippen molar-refractivity contribution in [3.63, 3.8) is 0 Å². The number of carboxylic acid groups (broad SMARTS) is 1. The molecule has 1 saturated carbocycles. The van der Waals surface area contributed by atoms with Crippen molar-refractivity contribution in [2.24, 2.45) is 5.92 Å². The highest BCUT2D eigenvalue weighted by Gasteiger charge is 2.20. The van der Waals surface area contributed by atoms with Gasteiger partial charge in [-0.25, -0.2) is 4.79 Å². The fourth-order valence-electron chi connectivity index (χ4n) is 5.74. The molecule has 1 aliphatic rings. The van der Waals surface area contributed by atoms with Gasteiger partial charge in [-0.3, -0.25) is 14.4 Å². The maximum absolute atomic E-state index is 13.3. The van der Waals surface area contributed by atoms with Gasteiger partial charge in [0.1, 0.15) is 18.0 Å². The van der Waals surface area contributed by atoms with E-state index < -0.39 is 24.4 Å². The van der Waals surface area contributed by atoms with Crippen LogP contribution in [-0.4, -0.2) is 46.9 Å². The van der Waals surface area contributed by atoms with Crippen molar-refractivity contribution in [1.82, 2.24) is 4.90 Å². The van der Waals surface area contributed by atoms with E-state index in [1.807, 2.05) is 0 Å². The highest BCUT2D eigenvalue weighted by Crippen LogP contribution is 2.27. The Kier molecular flexibility index (Phi) is 13.8. The standard InChI is InChI=1S/C38H46N2O7/c1-2-3-4-5-9-24-46-33-22-16-31(17-23-33)38(45)47-34-20-12-29(13-21-34)26-40(27-36(42)43)37(44)30-14-18-32(19-15-30)39-35(41)25-28-10-7-6-8-11-28/h12-23,28H,2-11,24-27H2,1H3,(H,39,41)(H,42,43). The lowest BCUT2D eigenvalue weighted by atomic mass is 9.87. The van der Waals surface area contributed by atoms with Crippen LogP contribution in [0.3, 0.4) is 0 Å². The molecular weight excluding hydrogens is 596 g/mol. The average Bonchev–Trinajstić information content (AvgIpc) is 3.07. The predicted molar refractivity (Wildman–Crippen MR) is 181 cm³/mol. The number of rotatable bonds is 17. The number of aliphatic carboxylic acids is 1. The highest BCUT2D eigenvalue weighted by atomic mass is 16.5. The highest BCUT2D eigenvalue weighted by molar-refractivity contribution is 5.97. The third kappa shape index (κ3) is 11.9. The van der Waals surface area contributed by atoms with Gasteiger partial charge in [0.2, 0.25) is 5.91 Å². The van der Waals surface area contributed by atoms with Gasteiger partial charge in [-0.2, -0.15) is 0 Å². The molecule has 0 spiro atoms. The Morgan fingerprint density at radius 2 is 1.43 bits per heavy atom. The van der Waals surface area contributed by atoms with Gasteiger partial charge in [-0.1, -0.05) is 64.0 Å². The molecule has 0 aromatic heterocycles. The van der Waals surface area contributed by atoms with Crippen molar-refractivity contribution in [3.8, 4) is 11.5 Å².